The molecule has 138 valence electrons. The van der Waals surface area contributed by atoms with Crippen molar-refractivity contribution in [2.75, 3.05) is 6.26 Å². The Balaban J connectivity index is 1.66. The largest absolute Gasteiger partial charge is 0.366 e. The third-order valence-corrected chi connectivity index (χ3v) is 7.17. The standard InChI is InChI=1S/C19H26O5S/c1-4-10-11(5-2)19-15-9-13-12(8-14(15)18(10)23-19)16(20)6-7-17(13)24-25(3,21)22/h6-7,10-13,17-19H,4-5,8-9H2,1-3H3. The Hall–Kier alpha value is -0.980. The molecular weight excluding hydrogens is 340 g/mol. The molecule has 1 saturated heterocycles. The van der Waals surface area contributed by atoms with Gasteiger partial charge in [0.15, 0.2) is 5.78 Å². The third kappa shape index (κ3) is 2.73. The van der Waals surface area contributed by atoms with Crippen LogP contribution in [0.5, 0.6) is 0 Å². The summed E-state index contributed by atoms with van der Waals surface area (Å²) < 4.78 is 34.9. The molecule has 1 fully saturated rings. The smallest absolute Gasteiger partial charge is 0.264 e. The highest BCUT2D eigenvalue weighted by Crippen LogP contribution is 2.56. The SMILES string of the molecule is CCC1C2OC(C3=C2CC2C(=O)C=CC(OS(C)(=O)=O)C2C3)C1CC. The Bertz CT molecular complexity index is 750. The van der Waals surface area contributed by atoms with Gasteiger partial charge in [-0.1, -0.05) is 32.8 Å². The number of allylic oxidation sites excluding steroid dienone is 1. The fourth-order valence-electron chi connectivity index (χ4n) is 5.59. The van der Waals surface area contributed by atoms with Gasteiger partial charge in [0, 0.05) is 11.8 Å². The molecule has 4 aliphatic rings. The third-order valence-electron chi connectivity index (χ3n) is 6.60. The van der Waals surface area contributed by atoms with Crippen molar-refractivity contribution >= 4 is 15.9 Å². The molecule has 25 heavy (non-hydrogen) atoms. The molecule has 6 heteroatoms. The monoisotopic (exact) mass is 366 g/mol. The van der Waals surface area contributed by atoms with Gasteiger partial charge in [-0.3, -0.25) is 8.98 Å². The summed E-state index contributed by atoms with van der Waals surface area (Å²) in [5.41, 5.74) is 2.65. The summed E-state index contributed by atoms with van der Waals surface area (Å²) in [4.78, 5) is 12.5. The Morgan fingerprint density at radius 3 is 2.28 bits per heavy atom. The Morgan fingerprint density at radius 2 is 1.72 bits per heavy atom. The predicted octanol–water partition coefficient (Wildman–Crippen LogP) is 2.63. The number of ether oxygens (including phenoxy) is 1. The van der Waals surface area contributed by atoms with E-state index in [2.05, 4.69) is 13.8 Å². The highest BCUT2D eigenvalue weighted by Gasteiger charge is 2.55. The average Bonchev–Trinajstić information content (AvgIpc) is 3.10. The van der Waals surface area contributed by atoms with Crippen molar-refractivity contribution in [2.45, 2.75) is 57.8 Å². The molecule has 2 heterocycles. The topological polar surface area (TPSA) is 69.7 Å². The quantitative estimate of drug-likeness (QED) is 0.565. The van der Waals surface area contributed by atoms with E-state index in [0.29, 0.717) is 24.7 Å². The second kappa shape index (κ2) is 6.03. The van der Waals surface area contributed by atoms with Gasteiger partial charge in [0.05, 0.1) is 24.6 Å². The first-order chi connectivity index (χ1) is 11.8. The zero-order valence-corrected chi connectivity index (χ0v) is 15.8. The van der Waals surface area contributed by atoms with Crippen LogP contribution in [0.25, 0.3) is 0 Å². The van der Waals surface area contributed by atoms with Crippen LogP contribution >= 0.6 is 0 Å². The van der Waals surface area contributed by atoms with Crippen molar-refractivity contribution in [3.8, 4) is 0 Å². The van der Waals surface area contributed by atoms with E-state index in [4.69, 9.17) is 8.92 Å². The van der Waals surface area contributed by atoms with Gasteiger partial charge in [0.25, 0.3) is 10.1 Å². The van der Waals surface area contributed by atoms with Crippen LogP contribution in [0.3, 0.4) is 0 Å². The summed E-state index contributed by atoms with van der Waals surface area (Å²) in [5, 5.41) is 0. The van der Waals surface area contributed by atoms with E-state index in [-0.39, 0.29) is 29.8 Å². The normalized spacial score (nSPS) is 42.7. The molecule has 0 spiro atoms. The van der Waals surface area contributed by atoms with Crippen molar-refractivity contribution in [3.63, 3.8) is 0 Å². The van der Waals surface area contributed by atoms with E-state index in [0.717, 1.165) is 19.1 Å². The Morgan fingerprint density at radius 1 is 1.12 bits per heavy atom. The zero-order valence-electron chi connectivity index (χ0n) is 15.0. The fourth-order valence-corrected chi connectivity index (χ4v) is 6.20. The summed E-state index contributed by atoms with van der Waals surface area (Å²) >= 11 is 0. The first kappa shape index (κ1) is 17.4. The molecule has 0 N–H and O–H groups in total. The maximum atomic E-state index is 12.5. The van der Waals surface area contributed by atoms with Crippen LogP contribution in [0.4, 0.5) is 0 Å². The lowest BCUT2D eigenvalue weighted by Gasteiger charge is -2.41. The average molecular weight is 366 g/mol. The molecule has 0 radical (unpaired) electrons. The Kier molecular flexibility index (Phi) is 4.21. The predicted molar refractivity (Wildman–Crippen MR) is 93.3 cm³/mol. The minimum atomic E-state index is -3.56. The van der Waals surface area contributed by atoms with E-state index >= 15 is 0 Å². The van der Waals surface area contributed by atoms with E-state index in [9.17, 15) is 13.2 Å². The molecule has 0 amide bonds. The number of fused-ring (bicyclic) bond motifs is 5. The van der Waals surface area contributed by atoms with Crippen LogP contribution in [0.15, 0.2) is 23.3 Å². The second-order valence-electron chi connectivity index (χ2n) is 7.88. The number of carbonyl (C=O) groups excluding carboxylic acids is 1. The molecule has 2 aliphatic carbocycles. The summed E-state index contributed by atoms with van der Waals surface area (Å²) in [6, 6.07) is 0. The van der Waals surface area contributed by atoms with Gasteiger partial charge in [0.2, 0.25) is 0 Å². The van der Waals surface area contributed by atoms with Crippen LogP contribution in [0, 0.1) is 23.7 Å². The van der Waals surface area contributed by atoms with Gasteiger partial charge in [-0.05, 0) is 41.9 Å². The molecule has 2 aliphatic heterocycles. The van der Waals surface area contributed by atoms with Gasteiger partial charge in [-0.15, -0.1) is 0 Å². The van der Waals surface area contributed by atoms with Gasteiger partial charge < -0.3 is 4.74 Å². The van der Waals surface area contributed by atoms with Gasteiger partial charge in [0.1, 0.15) is 0 Å². The summed E-state index contributed by atoms with van der Waals surface area (Å²) in [5.74, 6) is 0.882. The van der Waals surface area contributed by atoms with Crippen molar-refractivity contribution < 1.29 is 22.1 Å². The molecule has 2 bridgehead atoms. The lowest BCUT2D eigenvalue weighted by Crippen LogP contribution is -2.43. The number of hydrogen-bond donors (Lipinski definition) is 0. The number of hydrogen-bond acceptors (Lipinski definition) is 5. The summed E-state index contributed by atoms with van der Waals surface area (Å²) in [6.45, 7) is 4.43. The summed E-state index contributed by atoms with van der Waals surface area (Å²) in [7, 11) is -3.56. The molecule has 0 saturated carbocycles. The highest BCUT2D eigenvalue weighted by molar-refractivity contribution is 7.86. The number of carbonyl (C=O) groups is 1. The van der Waals surface area contributed by atoms with E-state index in [1.54, 1.807) is 6.08 Å². The Labute approximate surface area is 149 Å². The van der Waals surface area contributed by atoms with Crippen LogP contribution in [-0.4, -0.2) is 38.8 Å². The number of rotatable bonds is 4. The molecule has 0 aromatic heterocycles. The molecule has 7 atom stereocenters. The first-order valence-corrected chi connectivity index (χ1v) is 11.1. The molecule has 4 rings (SSSR count). The molecule has 7 unspecified atom stereocenters. The molecule has 5 nitrogen and oxygen atoms in total. The summed E-state index contributed by atoms with van der Waals surface area (Å²) in [6.07, 6.45) is 7.54. The van der Waals surface area contributed by atoms with Gasteiger partial charge in [-0.2, -0.15) is 8.42 Å². The van der Waals surface area contributed by atoms with E-state index in [1.807, 2.05) is 0 Å². The maximum Gasteiger partial charge on any atom is 0.264 e. The van der Waals surface area contributed by atoms with Crippen molar-refractivity contribution in [1.82, 2.24) is 0 Å². The van der Waals surface area contributed by atoms with Crippen LogP contribution in [0.2, 0.25) is 0 Å². The van der Waals surface area contributed by atoms with Crippen molar-refractivity contribution in [3.05, 3.63) is 23.3 Å². The first-order valence-electron chi connectivity index (χ1n) is 9.31. The van der Waals surface area contributed by atoms with Crippen LogP contribution < -0.4 is 0 Å². The van der Waals surface area contributed by atoms with Crippen molar-refractivity contribution in [1.29, 1.82) is 0 Å². The number of ketones is 1. The van der Waals surface area contributed by atoms with E-state index in [1.165, 1.54) is 17.2 Å². The lowest BCUT2D eigenvalue weighted by atomic mass is 9.62. The maximum absolute atomic E-state index is 12.5. The minimum absolute atomic E-state index is 0.0905. The van der Waals surface area contributed by atoms with Crippen LogP contribution in [-0.2, 0) is 23.8 Å². The fraction of sp³-hybridized carbons (Fsp3) is 0.737. The van der Waals surface area contributed by atoms with Gasteiger partial charge in [-0.25, -0.2) is 0 Å². The molecule has 0 aromatic rings. The zero-order chi connectivity index (χ0) is 17.9. The van der Waals surface area contributed by atoms with Gasteiger partial charge >= 0.3 is 0 Å². The van der Waals surface area contributed by atoms with E-state index < -0.39 is 16.2 Å². The van der Waals surface area contributed by atoms with Crippen molar-refractivity contribution in [2.24, 2.45) is 23.7 Å². The lowest BCUT2D eigenvalue weighted by molar-refractivity contribution is -0.122. The second-order valence-corrected chi connectivity index (χ2v) is 9.48. The highest BCUT2D eigenvalue weighted by atomic mass is 32.2. The van der Waals surface area contributed by atoms with Crippen LogP contribution in [0.1, 0.15) is 39.5 Å². The molecular formula is C19H26O5S. The molecule has 0 aromatic carbocycles. The minimum Gasteiger partial charge on any atom is -0.366 e.